The molecule has 0 aliphatic rings. The molecule has 98 valence electrons. The van der Waals surface area contributed by atoms with E-state index in [-0.39, 0.29) is 18.0 Å². The van der Waals surface area contributed by atoms with Crippen LogP contribution >= 0.6 is 0 Å². The van der Waals surface area contributed by atoms with Crippen LogP contribution in [-0.2, 0) is 0 Å². The summed E-state index contributed by atoms with van der Waals surface area (Å²) in [6, 6.07) is 15.8. The van der Waals surface area contributed by atoms with Gasteiger partial charge in [0.25, 0.3) is 0 Å². The van der Waals surface area contributed by atoms with Crippen LogP contribution in [0.1, 0.15) is 27.1 Å². The molecule has 0 radical (unpaired) electrons. The number of hydrogen-bond acceptors (Lipinski definition) is 3. The van der Waals surface area contributed by atoms with E-state index in [1.165, 1.54) is 0 Å². The van der Waals surface area contributed by atoms with Crippen LogP contribution in [0.4, 0.5) is 0 Å². The van der Waals surface area contributed by atoms with E-state index in [4.69, 9.17) is 4.42 Å². The third-order valence-electron chi connectivity index (χ3n) is 3.19. The maximum atomic E-state index is 12.1. The monoisotopic (exact) mass is 264 g/mol. The topological polar surface area (TPSA) is 47.3 Å². The minimum absolute atomic E-state index is 0.118. The van der Waals surface area contributed by atoms with Crippen LogP contribution in [0, 0.1) is 0 Å². The van der Waals surface area contributed by atoms with Crippen LogP contribution < -0.4 is 0 Å². The van der Waals surface area contributed by atoms with Crippen molar-refractivity contribution in [3.05, 3.63) is 72.0 Å². The second-order valence-electron chi connectivity index (χ2n) is 4.56. The zero-order valence-electron chi connectivity index (χ0n) is 10.7. The minimum Gasteiger partial charge on any atom is -0.464 e. The third-order valence-corrected chi connectivity index (χ3v) is 3.19. The number of ketones is 2. The number of hydrogen-bond donors (Lipinski definition) is 0. The van der Waals surface area contributed by atoms with Crippen LogP contribution in [-0.4, -0.2) is 11.6 Å². The van der Waals surface area contributed by atoms with Gasteiger partial charge in [-0.05, 0) is 24.3 Å². The SMILES string of the molecule is O=C(CC(=O)c1ccc2occc2c1)c1ccccc1. The summed E-state index contributed by atoms with van der Waals surface area (Å²) in [7, 11) is 0. The summed E-state index contributed by atoms with van der Waals surface area (Å²) >= 11 is 0. The molecule has 0 saturated heterocycles. The van der Waals surface area contributed by atoms with Gasteiger partial charge in [-0.2, -0.15) is 0 Å². The number of benzene rings is 2. The first-order chi connectivity index (χ1) is 9.74. The number of rotatable bonds is 4. The van der Waals surface area contributed by atoms with Crippen molar-refractivity contribution in [3.8, 4) is 0 Å². The number of fused-ring (bicyclic) bond motifs is 1. The molecule has 0 atom stereocenters. The van der Waals surface area contributed by atoms with Crippen molar-refractivity contribution >= 4 is 22.5 Å². The van der Waals surface area contributed by atoms with Crippen molar-refractivity contribution in [2.75, 3.05) is 0 Å². The lowest BCUT2D eigenvalue weighted by Crippen LogP contribution is -2.08. The van der Waals surface area contributed by atoms with Gasteiger partial charge in [0.05, 0.1) is 12.7 Å². The molecule has 0 bridgehead atoms. The van der Waals surface area contributed by atoms with Gasteiger partial charge in [0.1, 0.15) is 5.58 Å². The summed E-state index contributed by atoms with van der Waals surface area (Å²) in [5.41, 5.74) is 1.82. The largest absolute Gasteiger partial charge is 0.464 e. The first-order valence-corrected chi connectivity index (χ1v) is 6.33. The zero-order valence-corrected chi connectivity index (χ0v) is 10.7. The summed E-state index contributed by atoms with van der Waals surface area (Å²) in [6.45, 7) is 0. The summed E-state index contributed by atoms with van der Waals surface area (Å²) < 4.78 is 5.22. The molecule has 3 rings (SSSR count). The predicted octanol–water partition coefficient (Wildman–Crippen LogP) is 3.89. The Hall–Kier alpha value is -2.68. The van der Waals surface area contributed by atoms with Gasteiger partial charge in [-0.15, -0.1) is 0 Å². The van der Waals surface area contributed by atoms with E-state index < -0.39 is 0 Å². The molecule has 0 saturated carbocycles. The second kappa shape index (κ2) is 5.13. The molecule has 3 nitrogen and oxygen atoms in total. The predicted molar refractivity (Wildman–Crippen MR) is 75.9 cm³/mol. The molecule has 2 aromatic carbocycles. The fourth-order valence-electron chi connectivity index (χ4n) is 2.11. The summed E-state index contributed by atoms with van der Waals surface area (Å²) in [6.07, 6.45) is 1.46. The lowest BCUT2D eigenvalue weighted by atomic mass is 10.0. The summed E-state index contributed by atoms with van der Waals surface area (Å²) in [5.74, 6) is -0.343. The molecule has 0 N–H and O–H groups in total. The molecule has 3 heteroatoms. The van der Waals surface area contributed by atoms with Gasteiger partial charge in [-0.25, -0.2) is 0 Å². The van der Waals surface area contributed by atoms with Crippen molar-refractivity contribution in [2.24, 2.45) is 0 Å². The Kier molecular flexibility index (Phi) is 3.17. The molecule has 0 unspecified atom stereocenters. The van der Waals surface area contributed by atoms with Gasteiger partial charge in [-0.1, -0.05) is 30.3 Å². The van der Waals surface area contributed by atoms with Crippen molar-refractivity contribution in [1.29, 1.82) is 0 Å². The number of carbonyl (C=O) groups excluding carboxylic acids is 2. The van der Waals surface area contributed by atoms with Gasteiger partial charge in [-0.3, -0.25) is 9.59 Å². The van der Waals surface area contributed by atoms with Crippen LogP contribution in [0.15, 0.2) is 65.3 Å². The molecular weight excluding hydrogens is 252 g/mol. The lowest BCUT2D eigenvalue weighted by molar-refractivity contribution is 0.0894. The molecule has 1 aromatic heterocycles. The Labute approximate surface area is 115 Å². The molecule has 3 aromatic rings. The molecule has 1 heterocycles. The highest BCUT2D eigenvalue weighted by Crippen LogP contribution is 2.18. The first-order valence-electron chi connectivity index (χ1n) is 6.33. The van der Waals surface area contributed by atoms with E-state index in [0.29, 0.717) is 11.1 Å². The molecule has 0 aliphatic carbocycles. The highest BCUT2D eigenvalue weighted by molar-refractivity contribution is 6.14. The fourth-order valence-corrected chi connectivity index (χ4v) is 2.11. The van der Waals surface area contributed by atoms with Crippen LogP contribution in [0.2, 0.25) is 0 Å². The highest BCUT2D eigenvalue weighted by atomic mass is 16.3. The van der Waals surface area contributed by atoms with Crippen molar-refractivity contribution in [3.63, 3.8) is 0 Å². The average molecular weight is 264 g/mol. The van der Waals surface area contributed by atoms with Gasteiger partial charge in [0.2, 0.25) is 0 Å². The number of Topliss-reactive ketones (excluding diaryl/α,β-unsaturated/α-hetero) is 2. The first kappa shape index (κ1) is 12.4. The lowest BCUT2D eigenvalue weighted by Gasteiger charge is -2.01. The van der Waals surface area contributed by atoms with Gasteiger partial charge >= 0.3 is 0 Å². The van der Waals surface area contributed by atoms with Gasteiger partial charge < -0.3 is 4.42 Å². The average Bonchev–Trinajstić information content (AvgIpc) is 2.95. The molecule has 0 amide bonds. The van der Waals surface area contributed by atoms with E-state index >= 15 is 0 Å². The Balaban J connectivity index is 1.80. The second-order valence-corrected chi connectivity index (χ2v) is 4.56. The van der Waals surface area contributed by atoms with E-state index in [9.17, 15) is 9.59 Å². The van der Waals surface area contributed by atoms with Crippen LogP contribution in [0.25, 0.3) is 11.0 Å². The fraction of sp³-hybridized carbons (Fsp3) is 0.0588. The van der Waals surface area contributed by atoms with Crippen LogP contribution in [0.3, 0.4) is 0 Å². The minimum atomic E-state index is -0.179. The molecular formula is C17H12O3. The molecule has 0 fully saturated rings. The van der Waals surface area contributed by atoms with Crippen molar-refractivity contribution < 1.29 is 14.0 Å². The van der Waals surface area contributed by atoms with E-state index in [1.54, 1.807) is 54.8 Å². The van der Waals surface area contributed by atoms with Crippen LogP contribution in [0.5, 0.6) is 0 Å². The maximum absolute atomic E-state index is 12.1. The molecule has 20 heavy (non-hydrogen) atoms. The third kappa shape index (κ3) is 2.38. The maximum Gasteiger partial charge on any atom is 0.170 e. The Morgan fingerprint density at radius 3 is 2.40 bits per heavy atom. The standard InChI is InChI=1S/C17H12O3/c18-15(12-4-2-1-3-5-12)11-16(19)13-6-7-17-14(10-13)8-9-20-17/h1-10H,11H2. The van der Waals surface area contributed by atoms with Crippen molar-refractivity contribution in [2.45, 2.75) is 6.42 Å². The normalized spacial score (nSPS) is 10.6. The quantitative estimate of drug-likeness (QED) is 0.530. The zero-order chi connectivity index (χ0) is 13.9. The Morgan fingerprint density at radius 2 is 1.60 bits per heavy atom. The smallest absolute Gasteiger partial charge is 0.170 e. The van der Waals surface area contributed by atoms with Gasteiger partial charge in [0.15, 0.2) is 11.6 Å². The van der Waals surface area contributed by atoms with E-state index in [0.717, 1.165) is 11.0 Å². The summed E-state index contributed by atoms with van der Waals surface area (Å²) in [5, 5.41) is 0.864. The van der Waals surface area contributed by atoms with E-state index in [2.05, 4.69) is 0 Å². The molecule has 0 spiro atoms. The Morgan fingerprint density at radius 1 is 0.850 bits per heavy atom. The molecule has 0 aliphatic heterocycles. The van der Waals surface area contributed by atoms with E-state index in [1.807, 2.05) is 6.07 Å². The van der Waals surface area contributed by atoms with Gasteiger partial charge in [0, 0.05) is 16.5 Å². The Bertz CT molecular complexity index is 769. The number of carbonyl (C=O) groups is 2. The number of furan rings is 1. The highest BCUT2D eigenvalue weighted by Gasteiger charge is 2.14. The van der Waals surface area contributed by atoms with Crippen molar-refractivity contribution in [1.82, 2.24) is 0 Å². The summed E-state index contributed by atoms with van der Waals surface area (Å²) in [4.78, 5) is 24.1.